The fourth-order valence-corrected chi connectivity index (χ4v) is 6.09. The summed E-state index contributed by atoms with van der Waals surface area (Å²) in [4.78, 5) is 44.6. The number of fused-ring (bicyclic) bond motifs is 3. The Hall–Kier alpha value is -4.28. The number of hydrogen-bond acceptors (Lipinski definition) is 9. The van der Waals surface area contributed by atoms with Crippen LogP contribution in [0.2, 0.25) is 0 Å². The summed E-state index contributed by atoms with van der Waals surface area (Å²) in [6, 6.07) is 5.67. The number of likely N-dealkylation sites (N-methyl/N-ethyl adjacent to an activating group) is 1. The number of nitrogens with zero attached hydrogens (tertiary/aromatic N) is 2. The van der Waals surface area contributed by atoms with Crippen molar-refractivity contribution in [1.29, 1.82) is 0 Å². The second-order valence-electron chi connectivity index (χ2n) is 10.1. The zero-order valence-corrected chi connectivity index (χ0v) is 20.8. The monoisotopic (exact) mass is 517 g/mol. The molecule has 6 N–H and O–H groups in total. The van der Waals surface area contributed by atoms with Gasteiger partial charge >= 0.3 is 0 Å². The number of carbonyl (C=O) groups excluding carboxylic acids is 3. The number of aromatic nitrogens is 1. The molecule has 10 heteroatoms. The smallest absolute Gasteiger partial charge is 0.255 e. The number of aromatic hydroxyl groups is 1. The van der Waals surface area contributed by atoms with E-state index >= 15 is 0 Å². The number of nitrogens with two attached hydrogens (primary N) is 1. The third-order valence-corrected chi connectivity index (χ3v) is 7.80. The summed E-state index contributed by atoms with van der Waals surface area (Å²) in [5.74, 6) is -6.70. The van der Waals surface area contributed by atoms with Gasteiger partial charge in [0.15, 0.2) is 11.4 Å². The summed E-state index contributed by atoms with van der Waals surface area (Å²) in [7, 11) is 3.18. The van der Waals surface area contributed by atoms with Crippen molar-refractivity contribution >= 4 is 29.6 Å². The first kappa shape index (κ1) is 25.4. The maximum absolute atomic E-state index is 13.7. The minimum atomic E-state index is -2.65. The molecule has 0 saturated carbocycles. The van der Waals surface area contributed by atoms with Gasteiger partial charge in [0, 0.05) is 23.9 Å². The fourth-order valence-electron chi connectivity index (χ4n) is 6.09. The largest absolute Gasteiger partial charge is 0.510 e. The molecule has 0 unspecified atom stereocenters. The molecular weight excluding hydrogens is 490 g/mol. The van der Waals surface area contributed by atoms with E-state index < -0.39 is 58.0 Å². The van der Waals surface area contributed by atoms with Crippen LogP contribution in [0.25, 0.3) is 12.2 Å². The number of benzene rings is 1. The molecule has 0 fully saturated rings. The minimum Gasteiger partial charge on any atom is -0.510 e. The summed E-state index contributed by atoms with van der Waals surface area (Å²) in [5.41, 5.74) is 3.79. The van der Waals surface area contributed by atoms with Crippen LogP contribution in [0.1, 0.15) is 33.5 Å². The van der Waals surface area contributed by atoms with E-state index in [0.29, 0.717) is 11.1 Å². The first-order valence-electron chi connectivity index (χ1n) is 12.1. The third kappa shape index (κ3) is 3.56. The Morgan fingerprint density at radius 1 is 1.11 bits per heavy atom. The molecule has 0 radical (unpaired) electrons. The summed E-state index contributed by atoms with van der Waals surface area (Å²) in [6.45, 7) is 0. The van der Waals surface area contributed by atoms with Gasteiger partial charge in [0.05, 0.1) is 11.6 Å². The zero-order chi connectivity index (χ0) is 27.5. The highest BCUT2D eigenvalue weighted by atomic mass is 16.3. The third-order valence-electron chi connectivity index (χ3n) is 7.80. The van der Waals surface area contributed by atoms with Crippen molar-refractivity contribution in [1.82, 2.24) is 9.88 Å². The van der Waals surface area contributed by atoms with Gasteiger partial charge in [-0.3, -0.25) is 24.3 Å². The van der Waals surface area contributed by atoms with Crippen molar-refractivity contribution in [3.05, 3.63) is 81.6 Å². The molecule has 1 aromatic carbocycles. The number of rotatable bonds is 4. The normalized spacial score (nSPS) is 27.0. The number of hydrogen-bond donors (Lipinski definition) is 5. The number of allylic oxidation sites excluding steroid dienone is 1. The van der Waals surface area contributed by atoms with E-state index in [1.807, 2.05) is 24.3 Å². The maximum atomic E-state index is 13.7. The Bertz CT molecular complexity index is 1470. The zero-order valence-electron chi connectivity index (χ0n) is 20.8. The molecule has 3 aliphatic rings. The predicted molar refractivity (Wildman–Crippen MR) is 137 cm³/mol. The summed E-state index contributed by atoms with van der Waals surface area (Å²) in [5, 5.41) is 44.5. The average molecular weight is 518 g/mol. The molecule has 10 nitrogen and oxygen atoms in total. The van der Waals surface area contributed by atoms with Gasteiger partial charge in [0.25, 0.3) is 5.91 Å². The Balaban J connectivity index is 1.66. The Kier molecular flexibility index (Phi) is 5.96. The fraction of sp³-hybridized carbons (Fsp3) is 0.286. The van der Waals surface area contributed by atoms with Crippen molar-refractivity contribution in [2.75, 3.05) is 14.1 Å². The number of ketones is 2. The average Bonchev–Trinajstić information content (AvgIpc) is 2.86. The number of aliphatic hydroxyl groups is 3. The number of pyridine rings is 1. The molecule has 38 heavy (non-hydrogen) atoms. The molecule has 2 aromatic rings. The molecule has 5 rings (SSSR count). The van der Waals surface area contributed by atoms with Gasteiger partial charge in [-0.05, 0) is 67.7 Å². The maximum Gasteiger partial charge on any atom is 0.255 e. The highest BCUT2D eigenvalue weighted by Gasteiger charge is 2.63. The SMILES string of the molecule is CN(C)[C@H]1C(O)=C(C(N)=O)C(=O)[C@@]2(O)C(O)=C3C(=O)c4c(O)ccc(/C=C/c5ccncc5)c4C[C@H]3C[C@@H]12. The molecule has 0 saturated heterocycles. The first-order chi connectivity index (χ1) is 18.0. The van der Waals surface area contributed by atoms with E-state index in [2.05, 4.69) is 4.98 Å². The molecule has 0 spiro atoms. The second-order valence-corrected chi connectivity index (χ2v) is 10.1. The van der Waals surface area contributed by atoms with E-state index in [1.165, 1.54) is 11.0 Å². The van der Waals surface area contributed by atoms with Crippen LogP contribution < -0.4 is 5.73 Å². The number of aliphatic hydroxyl groups excluding tert-OH is 2. The van der Waals surface area contributed by atoms with Crippen molar-refractivity contribution in [2.45, 2.75) is 24.5 Å². The summed E-state index contributed by atoms with van der Waals surface area (Å²) in [6.07, 6.45) is 7.22. The summed E-state index contributed by atoms with van der Waals surface area (Å²) < 4.78 is 0. The molecule has 1 aromatic heterocycles. The van der Waals surface area contributed by atoms with E-state index in [4.69, 9.17) is 5.73 Å². The molecule has 4 atom stereocenters. The number of carbonyl (C=O) groups is 3. The van der Waals surface area contributed by atoms with Crippen LogP contribution in [0.4, 0.5) is 0 Å². The topological polar surface area (TPSA) is 174 Å². The quantitative estimate of drug-likeness (QED) is 0.378. The van der Waals surface area contributed by atoms with Crippen LogP contribution in [-0.4, -0.2) is 73.5 Å². The number of primary amides is 1. The Labute approximate surface area is 218 Å². The molecule has 0 bridgehead atoms. The van der Waals surface area contributed by atoms with Crippen molar-refractivity contribution in [3.63, 3.8) is 0 Å². The lowest BCUT2D eigenvalue weighted by Crippen LogP contribution is -2.63. The van der Waals surface area contributed by atoms with Crippen molar-refractivity contribution in [2.24, 2.45) is 17.6 Å². The van der Waals surface area contributed by atoms with Gasteiger partial charge in [-0.15, -0.1) is 0 Å². The van der Waals surface area contributed by atoms with Gasteiger partial charge in [-0.1, -0.05) is 18.2 Å². The molecule has 196 valence electrons. The lowest BCUT2D eigenvalue weighted by molar-refractivity contribution is -0.148. The molecular formula is C28H27N3O7. The first-order valence-corrected chi connectivity index (χ1v) is 12.1. The van der Waals surface area contributed by atoms with E-state index in [0.717, 1.165) is 5.56 Å². The summed E-state index contributed by atoms with van der Waals surface area (Å²) >= 11 is 0. The standard InChI is InChI=1S/C28H27N3O7/c1-31(2)22-17-12-15-11-16-14(4-3-13-7-9-30-10-8-13)5-6-18(32)20(16)23(33)19(15)25(35)28(17,38)26(36)21(24(22)34)27(29)37/h3-10,15,17,22,32,34-35,38H,11-12H2,1-2H3,(H2,29,37)/b4-3+/t15-,17-,22+,28-/m0/s1. The highest BCUT2D eigenvalue weighted by Crippen LogP contribution is 2.52. The van der Waals surface area contributed by atoms with Gasteiger partial charge in [0.1, 0.15) is 22.8 Å². The highest BCUT2D eigenvalue weighted by molar-refractivity contribution is 6.24. The molecule has 3 aliphatic carbocycles. The van der Waals surface area contributed by atoms with Gasteiger partial charge < -0.3 is 26.2 Å². The van der Waals surface area contributed by atoms with E-state index in [1.54, 1.807) is 32.6 Å². The number of amides is 1. The van der Waals surface area contributed by atoms with Crippen LogP contribution >= 0.6 is 0 Å². The van der Waals surface area contributed by atoms with Crippen molar-refractivity contribution < 1.29 is 34.8 Å². The molecule has 0 aliphatic heterocycles. The van der Waals surface area contributed by atoms with E-state index in [9.17, 15) is 34.8 Å². The van der Waals surface area contributed by atoms with Crippen LogP contribution in [-0.2, 0) is 16.0 Å². The van der Waals surface area contributed by atoms with Crippen LogP contribution in [0.5, 0.6) is 5.75 Å². The number of phenolic OH excluding ortho intramolecular Hbond substituents is 1. The van der Waals surface area contributed by atoms with Crippen LogP contribution in [0.15, 0.2) is 59.3 Å². The number of Topliss-reactive ketones (excluding diaryl/α,β-unsaturated/α-hetero) is 2. The minimum absolute atomic E-state index is 0.0253. The van der Waals surface area contributed by atoms with Gasteiger partial charge in [0.2, 0.25) is 5.78 Å². The van der Waals surface area contributed by atoms with E-state index in [-0.39, 0.29) is 29.7 Å². The number of phenols is 1. The van der Waals surface area contributed by atoms with Crippen molar-refractivity contribution in [3.8, 4) is 5.75 Å². The predicted octanol–water partition coefficient (Wildman–Crippen LogP) is 1.69. The lowest BCUT2D eigenvalue weighted by Gasteiger charge is -2.50. The molecule has 1 amide bonds. The van der Waals surface area contributed by atoms with Crippen LogP contribution in [0, 0.1) is 11.8 Å². The van der Waals surface area contributed by atoms with Gasteiger partial charge in [-0.25, -0.2) is 0 Å². The van der Waals surface area contributed by atoms with Crippen LogP contribution in [0.3, 0.4) is 0 Å². The lowest BCUT2D eigenvalue weighted by atomic mass is 9.58. The molecule has 1 heterocycles. The second kappa shape index (κ2) is 8.93. The Morgan fingerprint density at radius 2 is 1.79 bits per heavy atom. The Morgan fingerprint density at radius 3 is 2.42 bits per heavy atom. The van der Waals surface area contributed by atoms with Gasteiger partial charge in [-0.2, -0.15) is 0 Å².